The van der Waals surface area contributed by atoms with Gasteiger partial charge in [0, 0.05) is 22.5 Å². The van der Waals surface area contributed by atoms with Crippen molar-refractivity contribution < 1.29 is 19.4 Å². The van der Waals surface area contributed by atoms with E-state index < -0.39 is 5.97 Å². The Morgan fingerprint density at radius 1 is 1.37 bits per heavy atom. The van der Waals surface area contributed by atoms with Crippen LogP contribution in [0.1, 0.15) is 25.3 Å². The van der Waals surface area contributed by atoms with Crippen LogP contribution in [0.3, 0.4) is 0 Å². The maximum Gasteiger partial charge on any atom is 0.303 e. The zero-order valence-corrected chi connectivity index (χ0v) is 13.0. The van der Waals surface area contributed by atoms with Crippen molar-refractivity contribution in [2.75, 3.05) is 14.2 Å². The van der Waals surface area contributed by atoms with Crippen molar-refractivity contribution in [3.63, 3.8) is 0 Å². The molecule has 0 aliphatic carbocycles. The van der Waals surface area contributed by atoms with E-state index in [4.69, 9.17) is 14.6 Å². The molecule has 4 nitrogen and oxygen atoms in total. The molecular weight excluding hydrogens is 312 g/mol. The van der Waals surface area contributed by atoms with Crippen molar-refractivity contribution in [3.05, 3.63) is 22.2 Å². The number of aliphatic carboxylic acids is 1. The van der Waals surface area contributed by atoms with Gasteiger partial charge in [0.25, 0.3) is 0 Å². The van der Waals surface area contributed by atoms with Crippen LogP contribution in [0.5, 0.6) is 11.5 Å². The maximum absolute atomic E-state index is 10.6. The van der Waals surface area contributed by atoms with E-state index in [2.05, 4.69) is 15.9 Å². The van der Waals surface area contributed by atoms with Gasteiger partial charge in [-0.3, -0.25) is 4.79 Å². The molecule has 106 valence electrons. The molecule has 0 heterocycles. The Labute approximate surface area is 121 Å². The van der Waals surface area contributed by atoms with E-state index in [9.17, 15) is 4.79 Å². The molecule has 1 N–H and O–H groups in total. The van der Waals surface area contributed by atoms with E-state index in [1.165, 1.54) is 0 Å². The van der Waals surface area contributed by atoms with Crippen molar-refractivity contribution in [1.29, 1.82) is 0 Å². The lowest BCUT2D eigenvalue weighted by molar-refractivity contribution is -0.138. The Kier molecular flexibility index (Phi) is 6.15. The van der Waals surface area contributed by atoms with Crippen LogP contribution in [0.4, 0.5) is 0 Å². The Morgan fingerprint density at radius 3 is 2.58 bits per heavy atom. The number of rotatable bonds is 7. The van der Waals surface area contributed by atoms with Crippen LogP contribution in [0.25, 0.3) is 0 Å². The third-order valence-electron chi connectivity index (χ3n) is 2.99. The van der Waals surface area contributed by atoms with Gasteiger partial charge < -0.3 is 14.6 Å². The summed E-state index contributed by atoms with van der Waals surface area (Å²) in [5, 5.41) is 8.75. The Bertz CT molecular complexity index is 445. The number of benzene rings is 1. The van der Waals surface area contributed by atoms with Crippen molar-refractivity contribution in [3.8, 4) is 11.5 Å². The summed E-state index contributed by atoms with van der Waals surface area (Å²) in [6.07, 6.45) is 1.76. The van der Waals surface area contributed by atoms with Gasteiger partial charge in [0.05, 0.1) is 14.2 Å². The summed E-state index contributed by atoms with van der Waals surface area (Å²) in [7, 11) is 3.22. The molecule has 0 aliphatic rings. The van der Waals surface area contributed by atoms with Crippen LogP contribution in [0.15, 0.2) is 16.6 Å². The van der Waals surface area contributed by atoms with E-state index >= 15 is 0 Å². The first-order valence-corrected chi connectivity index (χ1v) is 6.89. The summed E-state index contributed by atoms with van der Waals surface area (Å²) in [4.78, 5) is 10.6. The fourth-order valence-electron chi connectivity index (χ4n) is 1.92. The predicted octanol–water partition coefficient (Wildman–Crippen LogP) is 3.51. The lowest BCUT2D eigenvalue weighted by atomic mass is 9.98. The Balaban J connectivity index is 2.80. The monoisotopic (exact) mass is 330 g/mol. The number of ether oxygens (including phenoxy) is 2. The van der Waals surface area contributed by atoms with Gasteiger partial charge in [-0.2, -0.15) is 0 Å². The number of carboxylic acids is 1. The molecule has 0 saturated carbocycles. The van der Waals surface area contributed by atoms with Gasteiger partial charge in [0.15, 0.2) is 0 Å². The largest absolute Gasteiger partial charge is 0.497 e. The molecule has 0 radical (unpaired) electrons. The first-order chi connectivity index (χ1) is 8.97. The number of methoxy groups -OCH3 is 2. The molecule has 1 aromatic carbocycles. The van der Waals surface area contributed by atoms with E-state index in [1.54, 1.807) is 14.2 Å². The number of carbonyl (C=O) groups is 1. The van der Waals surface area contributed by atoms with Crippen molar-refractivity contribution in [2.24, 2.45) is 5.92 Å². The zero-order chi connectivity index (χ0) is 14.4. The van der Waals surface area contributed by atoms with E-state index in [0.717, 1.165) is 34.4 Å². The molecule has 0 aliphatic heterocycles. The fraction of sp³-hybridized carbons (Fsp3) is 0.500. The molecule has 1 atom stereocenters. The lowest BCUT2D eigenvalue weighted by Crippen LogP contribution is -2.06. The van der Waals surface area contributed by atoms with Gasteiger partial charge in [-0.1, -0.05) is 22.9 Å². The second-order valence-corrected chi connectivity index (χ2v) is 5.39. The predicted molar refractivity (Wildman–Crippen MR) is 77.0 cm³/mol. The highest BCUT2D eigenvalue weighted by atomic mass is 79.9. The molecule has 1 aromatic rings. The van der Waals surface area contributed by atoms with Crippen LogP contribution in [-0.2, 0) is 11.2 Å². The molecule has 0 aromatic heterocycles. The van der Waals surface area contributed by atoms with Gasteiger partial charge >= 0.3 is 5.97 Å². The average molecular weight is 331 g/mol. The maximum atomic E-state index is 10.6. The van der Waals surface area contributed by atoms with Crippen LogP contribution in [0, 0.1) is 5.92 Å². The van der Waals surface area contributed by atoms with Crippen molar-refractivity contribution >= 4 is 21.9 Å². The smallest absolute Gasteiger partial charge is 0.303 e. The quantitative estimate of drug-likeness (QED) is 0.831. The lowest BCUT2D eigenvalue weighted by Gasteiger charge is -2.14. The molecule has 0 fully saturated rings. The molecule has 0 bridgehead atoms. The van der Waals surface area contributed by atoms with Crippen molar-refractivity contribution in [2.45, 2.75) is 26.2 Å². The first kappa shape index (κ1) is 15.8. The highest BCUT2D eigenvalue weighted by Gasteiger charge is 2.13. The summed E-state index contributed by atoms with van der Waals surface area (Å²) in [6, 6.07) is 3.72. The molecule has 5 heteroatoms. The van der Waals surface area contributed by atoms with E-state index in [1.807, 2.05) is 19.1 Å². The van der Waals surface area contributed by atoms with Gasteiger partial charge in [-0.25, -0.2) is 0 Å². The average Bonchev–Trinajstić information content (AvgIpc) is 2.35. The Hall–Kier alpha value is -1.23. The van der Waals surface area contributed by atoms with Crippen molar-refractivity contribution in [1.82, 2.24) is 0 Å². The second-order valence-electron chi connectivity index (χ2n) is 4.53. The minimum absolute atomic E-state index is 0.135. The summed E-state index contributed by atoms with van der Waals surface area (Å²) < 4.78 is 11.5. The summed E-state index contributed by atoms with van der Waals surface area (Å²) in [5.74, 6) is 0.865. The van der Waals surface area contributed by atoms with Gasteiger partial charge in [0.2, 0.25) is 0 Å². The molecule has 0 saturated heterocycles. The number of hydrogen-bond acceptors (Lipinski definition) is 3. The number of carboxylic acid groups (broad SMARTS) is 1. The normalized spacial score (nSPS) is 12.0. The molecular formula is C14H19BrO4. The minimum atomic E-state index is -0.756. The first-order valence-electron chi connectivity index (χ1n) is 6.10. The minimum Gasteiger partial charge on any atom is -0.497 e. The van der Waals surface area contributed by atoms with Gasteiger partial charge in [0.1, 0.15) is 11.5 Å². The summed E-state index contributed by atoms with van der Waals surface area (Å²) >= 11 is 3.50. The third-order valence-corrected chi connectivity index (χ3v) is 3.70. The van der Waals surface area contributed by atoms with Gasteiger partial charge in [-0.05, 0) is 24.8 Å². The highest BCUT2D eigenvalue weighted by molar-refractivity contribution is 9.10. The zero-order valence-electron chi connectivity index (χ0n) is 11.4. The fourth-order valence-corrected chi connectivity index (χ4v) is 2.54. The van der Waals surface area contributed by atoms with Crippen LogP contribution < -0.4 is 9.47 Å². The second kappa shape index (κ2) is 7.38. The van der Waals surface area contributed by atoms with Crippen LogP contribution in [-0.4, -0.2) is 25.3 Å². The van der Waals surface area contributed by atoms with Crippen LogP contribution >= 0.6 is 15.9 Å². The highest BCUT2D eigenvalue weighted by Crippen LogP contribution is 2.34. The van der Waals surface area contributed by atoms with E-state index in [0.29, 0.717) is 0 Å². The number of hydrogen-bond donors (Lipinski definition) is 1. The summed E-state index contributed by atoms with van der Waals surface area (Å²) in [5.41, 5.74) is 1.04. The van der Waals surface area contributed by atoms with E-state index in [-0.39, 0.29) is 12.3 Å². The number of halogens is 1. The standard InChI is InChI=1S/C14H19BrO4/c1-9(6-14(16)17)4-5-11-12(15)7-10(18-2)8-13(11)19-3/h7-9H,4-6H2,1-3H3,(H,16,17). The third kappa shape index (κ3) is 4.74. The van der Waals surface area contributed by atoms with Crippen LogP contribution in [0.2, 0.25) is 0 Å². The molecule has 1 unspecified atom stereocenters. The Morgan fingerprint density at radius 2 is 2.05 bits per heavy atom. The molecule has 1 rings (SSSR count). The SMILES string of the molecule is COc1cc(Br)c(CCC(C)CC(=O)O)c(OC)c1. The topological polar surface area (TPSA) is 55.8 Å². The van der Waals surface area contributed by atoms with Gasteiger partial charge in [-0.15, -0.1) is 0 Å². The molecule has 19 heavy (non-hydrogen) atoms. The molecule has 0 amide bonds. The summed E-state index contributed by atoms with van der Waals surface area (Å²) in [6.45, 7) is 1.94. The molecule has 0 spiro atoms.